The lowest BCUT2D eigenvalue weighted by atomic mass is 10.2. The van der Waals surface area contributed by atoms with Gasteiger partial charge in [-0.3, -0.25) is 4.79 Å². The van der Waals surface area contributed by atoms with Crippen molar-refractivity contribution in [2.75, 3.05) is 20.3 Å². The van der Waals surface area contributed by atoms with Crippen LogP contribution in [0.1, 0.15) is 10.4 Å². The molecule has 1 N–H and O–H groups in total. The molecule has 122 valence electrons. The zero-order valence-corrected chi connectivity index (χ0v) is 12.2. The summed E-state index contributed by atoms with van der Waals surface area (Å²) in [5.74, 6) is -4.13. The molecule has 4 nitrogen and oxygen atoms in total. The molecule has 0 saturated heterocycles. The summed E-state index contributed by atoms with van der Waals surface area (Å²) in [5, 5.41) is 2.36. The van der Waals surface area contributed by atoms with Gasteiger partial charge in [0, 0.05) is 0 Å². The lowest BCUT2D eigenvalue weighted by Crippen LogP contribution is -2.29. The van der Waals surface area contributed by atoms with Crippen molar-refractivity contribution in [1.82, 2.24) is 5.32 Å². The maximum absolute atomic E-state index is 13.4. The Kier molecular flexibility index (Phi) is 5.46. The first-order chi connectivity index (χ1) is 11.0. The van der Waals surface area contributed by atoms with E-state index in [1.54, 1.807) is 31.4 Å². The highest BCUT2D eigenvalue weighted by Gasteiger charge is 2.18. The van der Waals surface area contributed by atoms with Crippen molar-refractivity contribution in [3.63, 3.8) is 0 Å². The first-order valence-electron chi connectivity index (χ1n) is 6.71. The lowest BCUT2D eigenvalue weighted by molar-refractivity contribution is 0.0941. The van der Waals surface area contributed by atoms with Gasteiger partial charge in [-0.15, -0.1) is 0 Å². The first-order valence-corrected chi connectivity index (χ1v) is 6.71. The molecule has 0 aliphatic heterocycles. The Hall–Kier alpha value is -2.70. The van der Waals surface area contributed by atoms with E-state index in [1.807, 2.05) is 0 Å². The van der Waals surface area contributed by atoms with Crippen molar-refractivity contribution in [1.29, 1.82) is 0 Å². The van der Waals surface area contributed by atoms with Gasteiger partial charge in [-0.1, -0.05) is 0 Å². The summed E-state index contributed by atoms with van der Waals surface area (Å²) < 4.78 is 49.7. The second-order valence-electron chi connectivity index (χ2n) is 4.50. The first kappa shape index (κ1) is 16.7. The SMILES string of the molecule is COc1ccc(OCCNC(=O)c2ccc(F)c(F)c2F)cc1. The van der Waals surface area contributed by atoms with Gasteiger partial charge in [-0.05, 0) is 36.4 Å². The van der Waals surface area contributed by atoms with Gasteiger partial charge < -0.3 is 14.8 Å². The number of rotatable bonds is 6. The molecular weight excluding hydrogens is 311 g/mol. The van der Waals surface area contributed by atoms with Crippen molar-refractivity contribution in [2.24, 2.45) is 0 Å². The van der Waals surface area contributed by atoms with E-state index in [0.29, 0.717) is 17.6 Å². The van der Waals surface area contributed by atoms with Crippen LogP contribution in [0.4, 0.5) is 13.2 Å². The highest BCUT2D eigenvalue weighted by Crippen LogP contribution is 2.17. The van der Waals surface area contributed by atoms with Crippen molar-refractivity contribution in [3.8, 4) is 11.5 Å². The smallest absolute Gasteiger partial charge is 0.254 e. The number of methoxy groups -OCH3 is 1. The van der Waals surface area contributed by atoms with E-state index >= 15 is 0 Å². The minimum atomic E-state index is -1.67. The van der Waals surface area contributed by atoms with Crippen molar-refractivity contribution in [2.45, 2.75) is 0 Å². The van der Waals surface area contributed by atoms with Crippen LogP contribution in [0.2, 0.25) is 0 Å². The van der Waals surface area contributed by atoms with Crippen LogP contribution in [-0.2, 0) is 0 Å². The molecule has 1 amide bonds. The molecule has 0 atom stereocenters. The number of carbonyl (C=O) groups is 1. The van der Waals surface area contributed by atoms with E-state index in [9.17, 15) is 18.0 Å². The van der Waals surface area contributed by atoms with Crippen LogP contribution in [0.5, 0.6) is 11.5 Å². The van der Waals surface area contributed by atoms with Crippen molar-refractivity contribution >= 4 is 5.91 Å². The summed E-state index contributed by atoms with van der Waals surface area (Å²) >= 11 is 0. The number of hydrogen-bond acceptors (Lipinski definition) is 3. The number of halogens is 3. The van der Waals surface area contributed by atoms with E-state index in [-0.39, 0.29) is 13.2 Å². The largest absolute Gasteiger partial charge is 0.497 e. The molecule has 0 radical (unpaired) electrons. The molecular formula is C16H14F3NO3. The van der Waals surface area contributed by atoms with Crippen LogP contribution < -0.4 is 14.8 Å². The average molecular weight is 325 g/mol. The van der Waals surface area contributed by atoms with Crippen molar-refractivity contribution < 1.29 is 27.4 Å². The molecule has 2 aromatic rings. The second kappa shape index (κ2) is 7.53. The molecule has 0 saturated carbocycles. The van der Waals surface area contributed by atoms with Gasteiger partial charge in [0.05, 0.1) is 19.2 Å². The molecule has 0 aliphatic rings. The Bertz CT molecular complexity index is 690. The quantitative estimate of drug-likeness (QED) is 0.656. The summed E-state index contributed by atoms with van der Waals surface area (Å²) in [7, 11) is 1.54. The van der Waals surface area contributed by atoms with Crippen LogP contribution in [0.25, 0.3) is 0 Å². The van der Waals surface area contributed by atoms with Crippen LogP contribution in [-0.4, -0.2) is 26.2 Å². The molecule has 23 heavy (non-hydrogen) atoms. The standard InChI is InChI=1S/C16H14F3NO3/c1-22-10-2-4-11(5-3-10)23-9-8-20-16(21)12-6-7-13(17)15(19)14(12)18/h2-7H,8-9H2,1H3,(H,20,21). The number of nitrogens with one attached hydrogen (secondary N) is 1. The minimum absolute atomic E-state index is 0.0727. The van der Waals surface area contributed by atoms with Gasteiger partial charge in [0.2, 0.25) is 0 Å². The highest BCUT2D eigenvalue weighted by atomic mass is 19.2. The lowest BCUT2D eigenvalue weighted by Gasteiger charge is -2.09. The summed E-state index contributed by atoms with van der Waals surface area (Å²) in [4.78, 5) is 11.7. The number of ether oxygens (including phenoxy) is 2. The van der Waals surface area contributed by atoms with Gasteiger partial charge in [0.15, 0.2) is 17.5 Å². The van der Waals surface area contributed by atoms with Crippen LogP contribution in [0.15, 0.2) is 36.4 Å². The normalized spacial score (nSPS) is 10.3. The molecule has 7 heteroatoms. The highest BCUT2D eigenvalue weighted by molar-refractivity contribution is 5.94. The molecule has 0 heterocycles. The van der Waals surface area contributed by atoms with Gasteiger partial charge in [-0.2, -0.15) is 0 Å². The maximum Gasteiger partial charge on any atom is 0.254 e. The number of hydrogen-bond donors (Lipinski definition) is 1. The summed E-state index contributed by atoms with van der Waals surface area (Å²) in [5.41, 5.74) is -0.562. The summed E-state index contributed by atoms with van der Waals surface area (Å²) in [6.07, 6.45) is 0. The second-order valence-corrected chi connectivity index (χ2v) is 4.50. The Morgan fingerprint density at radius 1 is 1.00 bits per heavy atom. The average Bonchev–Trinajstić information content (AvgIpc) is 2.57. The van der Waals surface area contributed by atoms with Gasteiger partial charge in [0.1, 0.15) is 18.1 Å². The molecule has 0 aromatic heterocycles. The van der Waals surface area contributed by atoms with E-state index < -0.39 is 28.9 Å². The Morgan fingerprint density at radius 2 is 1.65 bits per heavy atom. The van der Waals surface area contributed by atoms with E-state index in [4.69, 9.17) is 9.47 Å². The fourth-order valence-corrected chi connectivity index (χ4v) is 1.80. The van der Waals surface area contributed by atoms with Crippen LogP contribution in [0.3, 0.4) is 0 Å². The molecule has 0 spiro atoms. The third kappa shape index (κ3) is 4.15. The molecule has 0 aliphatic carbocycles. The van der Waals surface area contributed by atoms with Crippen LogP contribution in [0, 0.1) is 17.5 Å². The summed E-state index contributed by atoms with van der Waals surface area (Å²) in [6, 6.07) is 8.38. The Balaban J connectivity index is 1.84. The molecule has 2 aromatic carbocycles. The number of benzene rings is 2. The zero-order valence-electron chi connectivity index (χ0n) is 12.2. The van der Waals surface area contributed by atoms with E-state index in [2.05, 4.69) is 5.32 Å². The molecule has 0 bridgehead atoms. The third-order valence-electron chi connectivity index (χ3n) is 3.00. The third-order valence-corrected chi connectivity index (χ3v) is 3.00. The van der Waals surface area contributed by atoms with E-state index in [0.717, 1.165) is 6.07 Å². The number of carbonyl (C=O) groups excluding carboxylic acids is 1. The molecule has 0 unspecified atom stereocenters. The van der Waals surface area contributed by atoms with E-state index in [1.165, 1.54) is 0 Å². The summed E-state index contributed by atoms with van der Waals surface area (Å²) in [6.45, 7) is 0.201. The fraction of sp³-hybridized carbons (Fsp3) is 0.188. The van der Waals surface area contributed by atoms with Crippen molar-refractivity contribution in [3.05, 3.63) is 59.4 Å². The Labute approximate surface area is 130 Å². The fourth-order valence-electron chi connectivity index (χ4n) is 1.80. The van der Waals surface area contributed by atoms with Crippen LogP contribution >= 0.6 is 0 Å². The van der Waals surface area contributed by atoms with Gasteiger partial charge >= 0.3 is 0 Å². The number of amides is 1. The van der Waals surface area contributed by atoms with Gasteiger partial charge in [-0.25, -0.2) is 13.2 Å². The van der Waals surface area contributed by atoms with Gasteiger partial charge in [0.25, 0.3) is 5.91 Å². The Morgan fingerprint density at radius 3 is 2.30 bits per heavy atom. The minimum Gasteiger partial charge on any atom is -0.497 e. The predicted octanol–water partition coefficient (Wildman–Crippen LogP) is 2.92. The zero-order chi connectivity index (χ0) is 16.8. The monoisotopic (exact) mass is 325 g/mol. The maximum atomic E-state index is 13.4. The predicted molar refractivity (Wildman–Crippen MR) is 77.1 cm³/mol. The topological polar surface area (TPSA) is 47.6 Å². The molecule has 0 fully saturated rings. The molecule has 2 rings (SSSR count).